The third kappa shape index (κ3) is 1.66. The van der Waals surface area contributed by atoms with Crippen LogP contribution in [0.1, 0.15) is 6.42 Å². The highest BCUT2D eigenvalue weighted by Crippen LogP contribution is 2.52. The topological polar surface area (TPSA) is 26.0 Å². The van der Waals surface area contributed by atoms with E-state index in [1.165, 1.54) is 0 Å². The van der Waals surface area contributed by atoms with Gasteiger partial charge in [-0.05, 0) is 13.0 Å². The minimum atomic E-state index is -0.464. The Bertz CT molecular complexity index is 83.4. The van der Waals surface area contributed by atoms with Gasteiger partial charge in [0.25, 0.3) is 0 Å². The van der Waals surface area contributed by atoms with Gasteiger partial charge >= 0.3 is 0 Å². The zero-order chi connectivity index (χ0) is 5.49. The molecule has 1 fully saturated rings. The van der Waals surface area contributed by atoms with Crippen molar-refractivity contribution in [3.05, 3.63) is 0 Å². The van der Waals surface area contributed by atoms with Crippen LogP contribution in [0.25, 0.3) is 0 Å². The van der Waals surface area contributed by atoms with Gasteiger partial charge in [-0.3, -0.25) is 0 Å². The molecule has 0 bridgehead atoms. The number of nitrogens with two attached hydrogens (primary N) is 1. The van der Waals surface area contributed by atoms with E-state index in [0.29, 0.717) is 12.5 Å². The molecule has 0 aromatic heterocycles. The zero-order valence-electron chi connectivity index (χ0n) is 4.23. The lowest BCUT2D eigenvalue weighted by atomic mass is 10.4. The molecule has 0 amide bonds. The van der Waals surface area contributed by atoms with Crippen molar-refractivity contribution in [3.63, 3.8) is 0 Å². The molecule has 0 radical (unpaired) electrons. The van der Waals surface area contributed by atoms with Gasteiger partial charge in [-0.2, -0.15) is 0 Å². The van der Waals surface area contributed by atoms with E-state index in [0.717, 1.165) is 6.42 Å². The number of halogens is 3. The van der Waals surface area contributed by atoms with Gasteiger partial charge < -0.3 is 5.73 Å². The van der Waals surface area contributed by atoms with E-state index in [-0.39, 0.29) is 12.4 Å². The average molecular weight is 176 g/mol. The summed E-state index contributed by atoms with van der Waals surface area (Å²) < 4.78 is -0.464. The number of alkyl halides is 2. The summed E-state index contributed by atoms with van der Waals surface area (Å²) in [7, 11) is 0. The number of rotatable bonds is 1. The van der Waals surface area contributed by atoms with E-state index in [1.54, 1.807) is 0 Å². The van der Waals surface area contributed by atoms with E-state index >= 15 is 0 Å². The third-order valence-corrected chi connectivity index (χ3v) is 2.17. The van der Waals surface area contributed by atoms with Crippen LogP contribution in [-0.2, 0) is 0 Å². The Morgan fingerprint density at radius 1 is 1.62 bits per heavy atom. The molecule has 1 atom stereocenters. The van der Waals surface area contributed by atoms with Crippen LogP contribution in [0.5, 0.6) is 0 Å². The predicted molar refractivity (Wildman–Crippen MR) is 38.8 cm³/mol. The molecule has 0 unspecified atom stereocenters. The lowest BCUT2D eigenvalue weighted by molar-refractivity contribution is 0.835. The predicted octanol–water partition coefficient (Wildman–Crippen LogP) is 1.56. The Hall–Kier alpha value is 0.830. The standard InChI is InChI=1S/C4H7Cl2N.ClH/c5-4(6)1-3(4)2-7;/h3H,1-2,7H2;1H/t3-;/m1./s1. The first-order valence-electron chi connectivity index (χ1n) is 2.24. The maximum atomic E-state index is 5.59. The largest absolute Gasteiger partial charge is 0.330 e. The summed E-state index contributed by atoms with van der Waals surface area (Å²) in [6.07, 6.45) is 0.868. The van der Waals surface area contributed by atoms with Gasteiger partial charge in [-0.1, -0.05) is 0 Å². The molecule has 0 spiro atoms. The summed E-state index contributed by atoms with van der Waals surface area (Å²) in [5.74, 6) is 0.357. The Morgan fingerprint density at radius 3 is 2.00 bits per heavy atom. The van der Waals surface area contributed by atoms with Crippen LogP contribution in [0.15, 0.2) is 0 Å². The Balaban J connectivity index is 0.000000490. The van der Waals surface area contributed by atoms with E-state index in [4.69, 9.17) is 28.9 Å². The van der Waals surface area contributed by atoms with Gasteiger partial charge in [-0.25, -0.2) is 0 Å². The molecule has 4 heteroatoms. The Kier molecular flexibility index (Phi) is 2.88. The fraction of sp³-hybridized carbons (Fsp3) is 1.00. The summed E-state index contributed by atoms with van der Waals surface area (Å²) in [5.41, 5.74) is 5.24. The van der Waals surface area contributed by atoms with Crippen LogP contribution >= 0.6 is 35.6 Å². The van der Waals surface area contributed by atoms with Gasteiger partial charge in [-0.15, -0.1) is 35.6 Å². The molecule has 1 aliphatic rings. The molecule has 0 aromatic rings. The van der Waals surface area contributed by atoms with Crippen molar-refractivity contribution in [1.29, 1.82) is 0 Å². The van der Waals surface area contributed by atoms with Gasteiger partial charge in [0.15, 0.2) is 0 Å². The molecule has 1 rings (SSSR count). The maximum absolute atomic E-state index is 5.59. The van der Waals surface area contributed by atoms with Crippen molar-refractivity contribution >= 4 is 35.6 Å². The van der Waals surface area contributed by atoms with Crippen molar-refractivity contribution in [3.8, 4) is 0 Å². The third-order valence-electron chi connectivity index (χ3n) is 1.24. The van der Waals surface area contributed by atoms with Crippen molar-refractivity contribution in [2.24, 2.45) is 11.7 Å². The summed E-state index contributed by atoms with van der Waals surface area (Å²) in [5, 5.41) is 0. The maximum Gasteiger partial charge on any atom is 0.122 e. The molecule has 2 N–H and O–H groups in total. The van der Waals surface area contributed by atoms with E-state index < -0.39 is 4.33 Å². The van der Waals surface area contributed by atoms with Crippen LogP contribution in [-0.4, -0.2) is 10.9 Å². The minimum absolute atomic E-state index is 0. The molecule has 0 heterocycles. The van der Waals surface area contributed by atoms with Crippen LogP contribution in [0.3, 0.4) is 0 Å². The van der Waals surface area contributed by atoms with E-state index in [1.807, 2.05) is 0 Å². The summed E-state index contributed by atoms with van der Waals surface area (Å²) in [6, 6.07) is 0. The first-order chi connectivity index (χ1) is 3.17. The molecule has 0 aliphatic heterocycles. The molecule has 1 nitrogen and oxygen atoms in total. The zero-order valence-corrected chi connectivity index (χ0v) is 6.56. The fourth-order valence-electron chi connectivity index (χ4n) is 0.525. The van der Waals surface area contributed by atoms with Crippen molar-refractivity contribution in [2.45, 2.75) is 10.8 Å². The molecule has 0 aromatic carbocycles. The highest BCUT2D eigenvalue weighted by molar-refractivity contribution is 6.50. The summed E-state index contributed by atoms with van der Waals surface area (Å²) in [4.78, 5) is 0. The van der Waals surface area contributed by atoms with Gasteiger partial charge in [0.1, 0.15) is 4.33 Å². The van der Waals surface area contributed by atoms with E-state index in [2.05, 4.69) is 0 Å². The second-order valence-electron chi connectivity index (χ2n) is 1.90. The van der Waals surface area contributed by atoms with Crippen molar-refractivity contribution < 1.29 is 0 Å². The second-order valence-corrected chi connectivity index (χ2v) is 3.44. The highest BCUT2D eigenvalue weighted by atomic mass is 35.5. The summed E-state index contributed by atoms with van der Waals surface area (Å²) in [6.45, 7) is 0.618. The molecule has 1 saturated carbocycles. The van der Waals surface area contributed by atoms with Crippen LogP contribution < -0.4 is 5.73 Å². The average Bonchev–Trinajstić information content (AvgIpc) is 2.13. The van der Waals surface area contributed by atoms with Crippen LogP contribution in [0.4, 0.5) is 0 Å². The smallest absolute Gasteiger partial charge is 0.122 e. The normalized spacial score (nSPS) is 31.1. The van der Waals surface area contributed by atoms with Crippen molar-refractivity contribution in [1.82, 2.24) is 0 Å². The molecule has 8 heavy (non-hydrogen) atoms. The molecular formula is C4H8Cl3N. The van der Waals surface area contributed by atoms with Gasteiger partial charge in [0.2, 0.25) is 0 Å². The van der Waals surface area contributed by atoms with Crippen molar-refractivity contribution in [2.75, 3.05) is 6.54 Å². The van der Waals surface area contributed by atoms with Gasteiger partial charge in [0, 0.05) is 5.92 Å². The first kappa shape index (κ1) is 8.83. The second kappa shape index (κ2) is 2.61. The first-order valence-corrected chi connectivity index (χ1v) is 3.00. The fourth-order valence-corrected chi connectivity index (χ4v) is 1.08. The van der Waals surface area contributed by atoms with E-state index in [9.17, 15) is 0 Å². The molecule has 50 valence electrons. The van der Waals surface area contributed by atoms with Crippen LogP contribution in [0, 0.1) is 5.92 Å². The Morgan fingerprint density at radius 2 is 2.00 bits per heavy atom. The lowest BCUT2D eigenvalue weighted by Gasteiger charge is -1.90. The van der Waals surface area contributed by atoms with Gasteiger partial charge in [0.05, 0.1) is 0 Å². The monoisotopic (exact) mass is 175 g/mol. The van der Waals surface area contributed by atoms with Crippen LogP contribution in [0.2, 0.25) is 0 Å². The number of hydrogen-bond donors (Lipinski definition) is 1. The molecule has 0 saturated heterocycles. The quantitative estimate of drug-likeness (QED) is 0.603. The molecular weight excluding hydrogens is 168 g/mol. The SMILES string of the molecule is Cl.NC[C@H]1CC1(Cl)Cl. The highest BCUT2D eigenvalue weighted by Gasteiger charge is 2.50. The summed E-state index contributed by atoms with van der Waals surface area (Å²) >= 11 is 11.2. The molecule has 1 aliphatic carbocycles. The Labute approximate surface area is 64.9 Å². The minimum Gasteiger partial charge on any atom is -0.330 e. The number of hydrogen-bond acceptors (Lipinski definition) is 1. The lowest BCUT2D eigenvalue weighted by Crippen LogP contribution is -2.05.